The van der Waals surface area contributed by atoms with E-state index in [1.54, 1.807) is 0 Å². The molecule has 0 aromatic carbocycles. The molecule has 10 heteroatoms. The van der Waals surface area contributed by atoms with E-state index >= 15 is 0 Å². The number of unbranched alkanes of at least 4 members (excludes halogenated alkanes) is 7. The van der Waals surface area contributed by atoms with Crippen LogP contribution in [0.2, 0.25) is 0 Å². The van der Waals surface area contributed by atoms with Crippen molar-refractivity contribution in [3.63, 3.8) is 0 Å². The average Bonchev–Trinajstić information content (AvgIpc) is 2.44. The van der Waals surface area contributed by atoms with Gasteiger partial charge in [-0.15, -0.1) is 0 Å². The van der Waals surface area contributed by atoms with Gasteiger partial charge in [0, 0.05) is 0 Å². The van der Waals surface area contributed by atoms with E-state index in [2.05, 4.69) is 6.92 Å². The van der Waals surface area contributed by atoms with Crippen LogP contribution in [0.1, 0.15) is 71.1 Å². The highest BCUT2D eigenvalue weighted by atomic mass is 16.4. The van der Waals surface area contributed by atoms with Gasteiger partial charge in [-0.25, -0.2) is 4.79 Å². The van der Waals surface area contributed by atoms with Gasteiger partial charge < -0.3 is 38.9 Å². The molecule has 26 heavy (non-hydrogen) atoms. The zero-order valence-corrected chi connectivity index (χ0v) is 15.8. The number of aliphatic carboxylic acids is 3. The fraction of sp³-hybridized carbons (Fsp3) is 0.812. The SMILES string of the molecule is CCCCCCCCCCC(C(=O)O)C(O)(CC(=O)O)C(=O)O.N.N.N. The second-order valence-electron chi connectivity index (χ2n) is 5.95. The lowest BCUT2D eigenvalue weighted by atomic mass is 9.81. The van der Waals surface area contributed by atoms with E-state index in [1.807, 2.05) is 0 Å². The summed E-state index contributed by atoms with van der Waals surface area (Å²) in [6.07, 6.45) is 6.60. The molecular weight excluding hydrogens is 346 g/mol. The van der Waals surface area contributed by atoms with Crippen molar-refractivity contribution in [2.45, 2.75) is 76.7 Å². The molecule has 2 unspecified atom stereocenters. The Morgan fingerprint density at radius 3 is 1.58 bits per heavy atom. The number of carboxylic acids is 3. The molecule has 0 aliphatic carbocycles. The van der Waals surface area contributed by atoms with Gasteiger partial charge in [-0.3, -0.25) is 9.59 Å². The van der Waals surface area contributed by atoms with Gasteiger partial charge in [0.2, 0.25) is 0 Å². The normalized spacial score (nSPS) is 13.2. The Morgan fingerprint density at radius 1 is 0.808 bits per heavy atom. The number of hydrogen-bond acceptors (Lipinski definition) is 7. The predicted molar refractivity (Wildman–Crippen MR) is 98.3 cm³/mol. The average molecular weight is 383 g/mol. The maximum absolute atomic E-state index is 11.3. The standard InChI is InChI=1S/C16H28O7.3H3N/c1-2-3-4-5-6-7-8-9-10-12(14(19)20)16(23,15(21)22)11-13(17)18;;;/h12,23H,2-11H2,1H3,(H,17,18)(H,19,20)(H,21,22);3*1H3. The molecule has 0 aromatic rings. The van der Waals surface area contributed by atoms with Crippen LogP contribution in [0.15, 0.2) is 0 Å². The van der Waals surface area contributed by atoms with Crippen molar-refractivity contribution >= 4 is 17.9 Å². The van der Waals surface area contributed by atoms with Crippen LogP contribution in [-0.4, -0.2) is 43.9 Å². The Morgan fingerprint density at radius 2 is 1.23 bits per heavy atom. The van der Waals surface area contributed by atoms with Crippen LogP contribution in [0.4, 0.5) is 0 Å². The van der Waals surface area contributed by atoms with Gasteiger partial charge in [0.25, 0.3) is 0 Å². The number of hydrogen-bond donors (Lipinski definition) is 7. The Labute approximate surface area is 154 Å². The Kier molecular flexibility index (Phi) is 20.5. The monoisotopic (exact) mass is 383 g/mol. The smallest absolute Gasteiger partial charge is 0.337 e. The first-order valence-corrected chi connectivity index (χ1v) is 8.16. The molecule has 0 aromatic heterocycles. The minimum Gasteiger partial charge on any atom is -0.481 e. The number of rotatable bonds is 14. The van der Waals surface area contributed by atoms with Crippen molar-refractivity contribution in [1.29, 1.82) is 0 Å². The zero-order chi connectivity index (χ0) is 17.9. The molecule has 13 N–H and O–H groups in total. The topological polar surface area (TPSA) is 237 Å². The van der Waals surface area contributed by atoms with Crippen LogP contribution in [0.25, 0.3) is 0 Å². The molecule has 0 bridgehead atoms. The highest BCUT2D eigenvalue weighted by Gasteiger charge is 2.49. The van der Waals surface area contributed by atoms with Gasteiger partial charge in [-0.05, 0) is 6.42 Å². The van der Waals surface area contributed by atoms with Crippen molar-refractivity contribution in [3.8, 4) is 0 Å². The van der Waals surface area contributed by atoms with Crippen molar-refractivity contribution in [3.05, 3.63) is 0 Å². The summed E-state index contributed by atoms with van der Waals surface area (Å²) in [5.74, 6) is -6.47. The van der Waals surface area contributed by atoms with Gasteiger partial charge in [0.05, 0.1) is 12.3 Å². The molecule has 0 saturated carbocycles. The Balaban J connectivity index is -0.000000807. The van der Waals surface area contributed by atoms with E-state index in [1.165, 1.54) is 12.8 Å². The third-order valence-corrected chi connectivity index (χ3v) is 4.01. The van der Waals surface area contributed by atoms with Crippen molar-refractivity contribution in [2.24, 2.45) is 5.92 Å². The van der Waals surface area contributed by atoms with E-state index in [9.17, 15) is 19.5 Å². The number of carbonyl (C=O) groups is 3. The van der Waals surface area contributed by atoms with Crippen LogP contribution in [0.5, 0.6) is 0 Å². The van der Waals surface area contributed by atoms with Gasteiger partial charge in [-0.1, -0.05) is 58.3 Å². The Bertz CT molecular complexity index is 407. The fourth-order valence-corrected chi connectivity index (χ4v) is 2.63. The summed E-state index contributed by atoms with van der Waals surface area (Å²) in [6.45, 7) is 2.13. The number of carboxylic acid groups (broad SMARTS) is 3. The predicted octanol–water partition coefficient (Wildman–Crippen LogP) is 2.99. The molecule has 158 valence electrons. The second kappa shape index (κ2) is 16.7. The van der Waals surface area contributed by atoms with Gasteiger partial charge in [0.1, 0.15) is 0 Å². The van der Waals surface area contributed by atoms with E-state index < -0.39 is 35.8 Å². The minimum absolute atomic E-state index is 0. The first-order valence-electron chi connectivity index (χ1n) is 8.16. The molecule has 0 rings (SSSR count). The zero-order valence-electron chi connectivity index (χ0n) is 15.8. The minimum atomic E-state index is -2.78. The van der Waals surface area contributed by atoms with Crippen LogP contribution in [0.3, 0.4) is 0 Å². The molecule has 0 amide bonds. The Hall–Kier alpha value is -1.75. The van der Waals surface area contributed by atoms with Crippen molar-refractivity contribution in [2.75, 3.05) is 0 Å². The largest absolute Gasteiger partial charge is 0.481 e. The summed E-state index contributed by atoms with van der Waals surface area (Å²) >= 11 is 0. The first-order chi connectivity index (χ1) is 10.8. The van der Waals surface area contributed by atoms with E-state index in [4.69, 9.17) is 15.3 Å². The second-order valence-corrected chi connectivity index (χ2v) is 5.95. The van der Waals surface area contributed by atoms with E-state index in [0.717, 1.165) is 32.1 Å². The summed E-state index contributed by atoms with van der Waals surface area (Å²) in [5, 5.41) is 37.0. The molecule has 0 aliphatic heterocycles. The van der Waals surface area contributed by atoms with Gasteiger partial charge in [-0.2, -0.15) is 0 Å². The summed E-state index contributed by atoms with van der Waals surface area (Å²) in [7, 11) is 0. The van der Waals surface area contributed by atoms with E-state index in [0.29, 0.717) is 6.42 Å². The van der Waals surface area contributed by atoms with Crippen molar-refractivity contribution < 1.29 is 34.8 Å². The lowest BCUT2D eigenvalue weighted by Crippen LogP contribution is -2.50. The van der Waals surface area contributed by atoms with Gasteiger partial charge in [0.15, 0.2) is 5.60 Å². The molecule has 0 saturated heterocycles. The third kappa shape index (κ3) is 11.7. The van der Waals surface area contributed by atoms with Gasteiger partial charge >= 0.3 is 17.9 Å². The van der Waals surface area contributed by atoms with Crippen molar-refractivity contribution in [1.82, 2.24) is 18.5 Å². The summed E-state index contributed by atoms with van der Waals surface area (Å²) in [4.78, 5) is 33.1. The highest BCUT2D eigenvalue weighted by molar-refractivity contribution is 5.89. The van der Waals surface area contributed by atoms with Crippen LogP contribution >= 0.6 is 0 Å². The lowest BCUT2D eigenvalue weighted by molar-refractivity contribution is -0.179. The quantitative estimate of drug-likeness (QED) is 0.216. The van der Waals surface area contributed by atoms with E-state index in [-0.39, 0.29) is 24.9 Å². The maximum Gasteiger partial charge on any atom is 0.337 e. The molecular formula is C16H37N3O7. The lowest BCUT2D eigenvalue weighted by Gasteiger charge is -2.28. The molecule has 10 nitrogen and oxygen atoms in total. The fourth-order valence-electron chi connectivity index (χ4n) is 2.63. The molecule has 0 heterocycles. The summed E-state index contributed by atoms with van der Waals surface area (Å²) < 4.78 is 0. The summed E-state index contributed by atoms with van der Waals surface area (Å²) in [6, 6.07) is 0. The molecule has 0 fully saturated rings. The molecule has 0 radical (unpaired) electrons. The van der Waals surface area contributed by atoms with Crippen LogP contribution < -0.4 is 18.5 Å². The first kappa shape index (κ1) is 32.0. The third-order valence-electron chi connectivity index (χ3n) is 4.01. The van der Waals surface area contributed by atoms with Crippen LogP contribution in [-0.2, 0) is 14.4 Å². The highest BCUT2D eigenvalue weighted by Crippen LogP contribution is 2.28. The van der Waals surface area contributed by atoms with Crippen LogP contribution in [0, 0.1) is 5.92 Å². The molecule has 2 atom stereocenters. The summed E-state index contributed by atoms with van der Waals surface area (Å²) in [5.41, 5.74) is -2.78. The molecule has 0 spiro atoms. The maximum atomic E-state index is 11.3. The number of aliphatic hydroxyl groups is 1. The molecule has 0 aliphatic rings.